The van der Waals surface area contributed by atoms with Gasteiger partial charge in [0.05, 0.1) is 11.0 Å². The van der Waals surface area contributed by atoms with Crippen LogP contribution in [0.25, 0.3) is 22.2 Å². The molecule has 3 aromatic rings. The van der Waals surface area contributed by atoms with Gasteiger partial charge in [0.15, 0.2) is 11.6 Å². The largest absolute Gasteiger partial charge is 0.486 e. The van der Waals surface area contributed by atoms with E-state index in [9.17, 15) is 9.18 Å². The number of nitrogens with zero attached hydrogens (tertiary/aromatic N) is 1. The molecule has 2 heterocycles. The summed E-state index contributed by atoms with van der Waals surface area (Å²) in [5.41, 5.74) is 7.45. The standard InChI is InChI=1S/C21H24FN3O3/c1-13(2)11-21(3,28-20(23)26)12-27-18-5-4-14(10-16(18)22)15-6-8-24-17-7-9-25-19(15)17/h4-10,13,25H,11-12H2,1-3H3,(H2,23,26)/t21-/m0/s1. The number of rotatable bonds is 7. The molecular weight excluding hydrogens is 361 g/mol. The molecule has 1 aromatic carbocycles. The zero-order valence-corrected chi connectivity index (χ0v) is 16.2. The smallest absolute Gasteiger partial charge is 0.405 e. The molecule has 2 aromatic heterocycles. The van der Waals surface area contributed by atoms with E-state index in [0.717, 1.165) is 16.6 Å². The SMILES string of the molecule is CC(C)C[C@@](C)(COc1ccc(-c2ccnc3cc[nH]c23)cc1F)OC(N)=O. The first-order chi connectivity index (χ1) is 13.3. The Kier molecular flexibility index (Phi) is 5.53. The number of carbonyl (C=O) groups is 1. The zero-order valence-electron chi connectivity index (χ0n) is 16.2. The quantitative estimate of drug-likeness (QED) is 0.619. The van der Waals surface area contributed by atoms with E-state index in [2.05, 4.69) is 9.97 Å². The number of nitrogens with two attached hydrogens (primary N) is 1. The number of aromatic nitrogens is 2. The van der Waals surface area contributed by atoms with E-state index >= 15 is 0 Å². The molecule has 0 radical (unpaired) electrons. The molecule has 0 fully saturated rings. The lowest BCUT2D eigenvalue weighted by Gasteiger charge is -2.30. The number of halogens is 1. The molecule has 0 bridgehead atoms. The normalized spacial score (nSPS) is 13.5. The summed E-state index contributed by atoms with van der Waals surface area (Å²) in [6.07, 6.45) is 3.14. The van der Waals surface area contributed by atoms with Crippen molar-refractivity contribution in [3.05, 3.63) is 48.5 Å². The molecule has 0 unspecified atom stereocenters. The number of pyridine rings is 1. The van der Waals surface area contributed by atoms with Crippen molar-refractivity contribution in [2.45, 2.75) is 32.8 Å². The molecule has 28 heavy (non-hydrogen) atoms. The summed E-state index contributed by atoms with van der Waals surface area (Å²) in [5.74, 6) is -0.168. The van der Waals surface area contributed by atoms with Gasteiger partial charge in [-0.2, -0.15) is 0 Å². The minimum Gasteiger partial charge on any atom is -0.486 e. The maximum absolute atomic E-state index is 14.7. The van der Waals surface area contributed by atoms with Gasteiger partial charge >= 0.3 is 6.09 Å². The van der Waals surface area contributed by atoms with Gasteiger partial charge in [-0.3, -0.25) is 4.98 Å². The Balaban J connectivity index is 1.81. The van der Waals surface area contributed by atoms with Crippen LogP contribution in [-0.2, 0) is 4.74 Å². The fourth-order valence-electron chi connectivity index (χ4n) is 3.45. The maximum Gasteiger partial charge on any atom is 0.405 e. The first kappa shape index (κ1) is 19.7. The topological polar surface area (TPSA) is 90.2 Å². The van der Waals surface area contributed by atoms with Gasteiger partial charge in [-0.25, -0.2) is 9.18 Å². The van der Waals surface area contributed by atoms with Crippen molar-refractivity contribution in [2.75, 3.05) is 6.61 Å². The second kappa shape index (κ2) is 7.88. The molecule has 148 valence electrons. The highest BCUT2D eigenvalue weighted by Gasteiger charge is 2.31. The van der Waals surface area contributed by atoms with Crippen LogP contribution in [0.5, 0.6) is 5.75 Å². The molecule has 6 nitrogen and oxygen atoms in total. The third-order valence-electron chi connectivity index (χ3n) is 4.41. The minimum absolute atomic E-state index is 0.000513. The second-order valence-electron chi connectivity index (χ2n) is 7.50. The average Bonchev–Trinajstić information content (AvgIpc) is 3.08. The summed E-state index contributed by atoms with van der Waals surface area (Å²) in [6.45, 7) is 5.71. The molecule has 0 saturated carbocycles. The number of primary amides is 1. The van der Waals surface area contributed by atoms with E-state index in [1.807, 2.05) is 26.0 Å². The van der Waals surface area contributed by atoms with Crippen molar-refractivity contribution in [1.29, 1.82) is 0 Å². The Morgan fingerprint density at radius 2 is 2.11 bits per heavy atom. The number of benzene rings is 1. The van der Waals surface area contributed by atoms with E-state index in [-0.39, 0.29) is 18.3 Å². The average molecular weight is 385 g/mol. The summed E-state index contributed by atoms with van der Waals surface area (Å²) in [4.78, 5) is 18.6. The summed E-state index contributed by atoms with van der Waals surface area (Å²) >= 11 is 0. The molecule has 0 aliphatic rings. The monoisotopic (exact) mass is 385 g/mol. The van der Waals surface area contributed by atoms with E-state index in [1.165, 1.54) is 6.07 Å². The number of H-pyrrole nitrogens is 1. The fourth-order valence-corrected chi connectivity index (χ4v) is 3.45. The number of hydrogen-bond acceptors (Lipinski definition) is 4. The van der Waals surface area contributed by atoms with Gasteiger partial charge in [-0.1, -0.05) is 19.9 Å². The van der Waals surface area contributed by atoms with Crippen molar-refractivity contribution in [3.8, 4) is 16.9 Å². The molecule has 0 aliphatic heterocycles. The summed E-state index contributed by atoms with van der Waals surface area (Å²) < 4.78 is 25.5. The molecule has 0 saturated heterocycles. The summed E-state index contributed by atoms with van der Waals surface area (Å²) in [7, 11) is 0. The van der Waals surface area contributed by atoms with E-state index in [1.54, 1.807) is 31.5 Å². The highest BCUT2D eigenvalue weighted by atomic mass is 19.1. The van der Waals surface area contributed by atoms with Crippen molar-refractivity contribution in [3.63, 3.8) is 0 Å². The van der Waals surface area contributed by atoms with E-state index < -0.39 is 17.5 Å². The first-order valence-electron chi connectivity index (χ1n) is 9.11. The lowest BCUT2D eigenvalue weighted by atomic mass is 9.95. The predicted molar refractivity (Wildman–Crippen MR) is 106 cm³/mol. The molecule has 0 spiro atoms. The number of hydrogen-bond donors (Lipinski definition) is 2. The third-order valence-corrected chi connectivity index (χ3v) is 4.41. The molecule has 1 atom stereocenters. The second-order valence-corrected chi connectivity index (χ2v) is 7.50. The van der Waals surface area contributed by atoms with E-state index in [4.69, 9.17) is 15.2 Å². The van der Waals surface area contributed by atoms with Crippen molar-refractivity contribution < 1.29 is 18.7 Å². The fraction of sp³-hybridized carbons (Fsp3) is 0.333. The van der Waals surface area contributed by atoms with Gasteiger partial charge in [0.2, 0.25) is 0 Å². The van der Waals surface area contributed by atoms with Crippen LogP contribution in [0, 0.1) is 11.7 Å². The van der Waals surface area contributed by atoms with Gasteiger partial charge < -0.3 is 20.2 Å². The van der Waals surface area contributed by atoms with Gasteiger partial charge in [0.25, 0.3) is 0 Å². The lowest BCUT2D eigenvalue weighted by Crippen LogP contribution is -2.41. The minimum atomic E-state index is -0.938. The van der Waals surface area contributed by atoms with Crippen molar-refractivity contribution in [2.24, 2.45) is 11.7 Å². The third kappa shape index (κ3) is 4.42. The van der Waals surface area contributed by atoms with Crippen molar-refractivity contribution in [1.82, 2.24) is 9.97 Å². The van der Waals surface area contributed by atoms with Crippen molar-refractivity contribution >= 4 is 17.1 Å². The number of aromatic amines is 1. The van der Waals surface area contributed by atoms with Gasteiger partial charge in [-0.15, -0.1) is 0 Å². The summed E-state index contributed by atoms with van der Waals surface area (Å²) in [6, 6.07) is 8.46. The number of carbonyl (C=O) groups excluding carboxylic acids is 1. The Morgan fingerprint density at radius 3 is 2.79 bits per heavy atom. The van der Waals surface area contributed by atoms with Crippen LogP contribution in [0.3, 0.4) is 0 Å². The molecule has 0 aliphatic carbocycles. The van der Waals surface area contributed by atoms with Crippen LogP contribution in [-0.4, -0.2) is 28.3 Å². The van der Waals surface area contributed by atoms with Crippen LogP contribution in [0.15, 0.2) is 42.7 Å². The van der Waals surface area contributed by atoms with Crippen LogP contribution >= 0.6 is 0 Å². The number of ether oxygens (including phenoxy) is 2. The first-order valence-corrected chi connectivity index (χ1v) is 9.11. The van der Waals surface area contributed by atoms with Crippen LogP contribution in [0.4, 0.5) is 9.18 Å². The number of nitrogens with one attached hydrogen (secondary N) is 1. The highest BCUT2D eigenvalue weighted by Crippen LogP contribution is 2.31. The van der Waals surface area contributed by atoms with Gasteiger partial charge in [0.1, 0.15) is 12.2 Å². The Morgan fingerprint density at radius 1 is 1.32 bits per heavy atom. The Hall–Kier alpha value is -3.09. The lowest BCUT2D eigenvalue weighted by molar-refractivity contribution is -0.0193. The number of amides is 1. The van der Waals surface area contributed by atoms with Crippen LogP contribution in [0.2, 0.25) is 0 Å². The summed E-state index contributed by atoms with van der Waals surface area (Å²) in [5, 5.41) is 0. The van der Waals surface area contributed by atoms with Gasteiger partial charge in [-0.05, 0) is 49.1 Å². The number of fused-ring (bicyclic) bond motifs is 1. The predicted octanol–water partition coefficient (Wildman–Crippen LogP) is 4.65. The van der Waals surface area contributed by atoms with Crippen LogP contribution < -0.4 is 10.5 Å². The molecular formula is C21H24FN3O3. The molecule has 3 N–H and O–H groups in total. The van der Waals surface area contributed by atoms with Crippen LogP contribution in [0.1, 0.15) is 27.2 Å². The maximum atomic E-state index is 14.7. The Labute approximate surface area is 162 Å². The Bertz CT molecular complexity index is 986. The van der Waals surface area contributed by atoms with Gasteiger partial charge in [0, 0.05) is 18.0 Å². The molecule has 1 amide bonds. The zero-order chi connectivity index (χ0) is 20.3. The van der Waals surface area contributed by atoms with E-state index in [0.29, 0.717) is 12.0 Å². The highest BCUT2D eigenvalue weighted by molar-refractivity contribution is 5.91. The molecule has 7 heteroatoms. The molecule has 3 rings (SSSR count).